The Bertz CT molecular complexity index is 665. The fraction of sp³-hybridized carbons (Fsp3) is 0.636. The average Bonchev–Trinajstić information content (AvgIpc) is 3.46. The molecule has 2 heterocycles. The molecular weight excluding hydrogens is 338 g/mol. The van der Waals surface area contributed by atoms with Crippen molar-refractivity contribution < 1.29 is 9.59 Å². The Hall–Kier alpha value is -1.88. The molecule has 3 aliphatic rings. The minimum Gasteiger partial charge on any atom is -0.352 e. The zero-order valence-corrected chi connectivity index (χ0v) is 16.3. The van der Waals surface area contributed by atoms with E-state index in [1.165, 1.54) is 5.56 Å². The van der Waals surface area contributed by atoms with Gasteiger partial charge in [0.1, 0.15) is 0 Å². The first kappa shape index (κ1) is 18.5. The lowest BCUT2D eigenvalue weighted by molar-refractivity contribution is -0.136. The van der Waals surface area contributed by atoms with Gasteiger partial charge in [-0.3, -0.25) is 14.5 Å². The van der Waals surface area contributed by atoms with Crippen molar-refractivity contribution in [2.24, 2.45) is 11.8 Å². The highest BCUT2D eigenvalue weighted by molar-refractivity contribution is 5.82. The number of hydrogen-bond donors (Lipinski definition) is 1. The molecule has 0 unspecified atom stereocenters. The lowest BCUT2D eigenvalue weighted by Crippen LogP contribution is -2.46. The minimum atomic E-state index is 0.0637. The van der Waals surface area contributed by atoms with Crippen molar-refractivity contribution in [3.05, 3.63) is 35.9 Å². The van der Waals surface area contributed by atoms with Gasteiger partial charge in [-0.15, -0.1) is 0 Å². The monoisotopic (exact) mass is 369 g/mol. The SMILES string of the molecule is C[C@H](c1ccccc1)N1CC[C@@H](NC(=O)C2CCN(C(=O)C3CC3)CC2)C1. The van der Waals surface area contributed by atoms with Gasteiger partial charge in [0.05, 0.1) is 0 Å². The summed E-state index contributed by atoms with van der Waals surface area (Å²) in [4.78, 5) is 29.3. The molecule has 1 saturated carbocycles. The van der Waals surface area contributed by atoms with Crippen LogP contribution in [-0.4, -0.2) is 53.8 Å². The lowest BCUT2D eigenvalue weighted by atomic mass is 9.95. The number of likely N-dealkylation sites (tertiary alicyclic amines) is 2. The summed E-state index contributed by atoms with van der Waals surface area (Å²) >= 11 is 0. The van der Waals surface area contributed by atoms with E-state index < -0.39 is 0 Å². The molecular formula is C22H31N3O2. The zero-order valence-electron chi connectivity index (χ0n) is 16.3. The van der Waals surface area contributed by atoms with E-state index >= 15 is 0 Å². The predicted octanol–water partition coefficient (Wildman–Crippen LogP) is 2.59. The van der Waals surface area contributed by atoms with E-state index in [1.54, 1.807) is 0 Å². The summed E-state index contributed by atoms with van der Waals surface area (Å²) < 4.78 is 0. The van der Waals surface area contributed by atoms with Gasteiger partial charge in [-0.1, -0.05) is 30.3 Å². The highest BCUT2D eigenvalue weighted by Crippen LogP contribution is 2.32. The van der Waals surface area contributed by atoms with E-state index in [0.29, 0.717) is 11.9 Å². The molecule has 2 amide bonds. The molecule has 27 heavy (non-hydrogen) atoms. The molecule has 1 aromatic rings. The van der Waals surface area contributed by atoms with Crippen LogP contribution in [0, 0.1) is 11.8 Å². The number of amides is 2. The molecule has 2 aliphatic heterocycles. The third-order valence-corrected chi connectivity index (χ3v) is 6.50. The van der Waals surface area contributed by atoms with Crippen molar-refractivity contribution in [2.75, 3.05) is 26.2 Å². The van der Waals surface area contributed by atoms with Gasteiger partial charge in [-0.2, -0.15) is 0 Å². The van der Waals surface area contributed by atoms with Crippen molar-refractivity contribution in [1.29, 1.82) is 0 Å². The van der Waals surface area contributed by atoms with Crippen LogP contribution in [0.2, 0.25) is 0 Å². The fourth-order valence-corrected chi connectivity index (χ4v) is 4.47. The largest absolute Gasteiger partial charge is 0.352 e. The first-order valence-electron chi connectivity index (χ1n) is 10.5. The third-order valence-electron chi connectivity index (χ3n) is 6.50. The Morgan fingerprint density at radius 2 is 1.67 bits per heavy atom. The molecule has 4 rings (SSSR count). The van der Waals surface area contributed by atoms with Gasteiger partial charge in [0.15, 0.2) is 0 Å². The standard InChI is InChI=1S/C22H31N3O2/c1-16(17-5-3-2-4-6-17)25-14-11-20(15-25)23-21(26)18-9-12-24(13-10-18)22(27)19-7-8-19/h2-6,16,18-20H,7-15H2,1H3,(H,23,26)/t16-,20-/m1/s1. The van der Waals surface area contributed by atoms with E-state index in [4.69, 9.17) is 0 Å². The molecule has 2 saturated heterocycles. The van der Waals surface area contributed by atoms with E-state index in [2.05, 4.69) is 41.4 Å². The Labute approximate surface area is 162 Å². The second-order valence-electron chi connectivity index (χ2n) is 8.45. The molecule has 0 aromatic heterocycles. The molecule has 1 aliphatic carbocycles. The Balaban J connectivity index is 1.23. The fourth-order valence-electron chi connectivity index (χ4n) is 4.47. The summed E-state index contributed by atoms with van der Waals surface area (Å²) in [5, 5.41) is 3.28. The quantitative estimate of drug-likeness (QED) is 0.868. The van der Waals surface area contributed by atoms with Crippen molar-refractivity contribution >= 4 is 11.8 Å². The molecule has 5 heteroatoms. The van der Waals surface area contributed by atoms with Crippen LogP contribution in [0.4, 0.5) is 0 Å². The summed E-state index contributed by atoms with van der Waals surface area (Å²) in [5.74, 6) is 0.850. The maximum Gasteiger partial charge on any atom is 0.225 e. The van der Waals surface area contributed by atoms with Crippen molar-refractivity contribution in [1.82, 2.24) is 15.1 Å². The number of benzene rings is 1. The molecule has 1 aromatic carbocycles. The number of rotatable bonds is 5. The molecule has 3 fully saturated rings. The number of piperidine rings is 1. The van der Waals surface area contributed by atoms with Crippen molar-refractivity contribution in [3.63, 3.8) is 0 Å². The Morgan fingerprint density at radius 1 is 0.963 bits per heavy atom. The van der Waals surface area contributed by atoms with E-state index in [1.807, 2.05) is 11.0 Å². The van der Waals surface area contributed by atoms with E-state index in [-0.39, 0.29) is 23.8 Å². The molecule has 1 N–H and O–H groups in total. The van der Waals surface area contributed by atoms with Crippen LogP contribution >= 0.6 is 0 Å². The summed E-state index contributed by atoms with van der Waals surface area (Å²) in [7, 11) is 0. The lowest BCUT2D eigenvalue weighted by Gasteiger charge is -2.32. The summed E-state index contributed by atoms with van der Waals surface area (Å²) in [5.41, 5.74) is 1.33. The van der Waals surface area contributed by atoms with Gasteiger partial charge in [-0.25, -0.2) is 0 Å². The molecule has 0 spiro atoms. The van der Waals surface area contributed by atoms with Gasteiger partial charge < -0.3 is 10.2 Å². The topological polar surface area (TPSA) is 52.7 Å². The first-order valence-corrected chi connectivity index (χ1v) is 10.5. The molecule has 146 valence electrons. The number of carbonyl (C=O) groups is 2. The van der Waals surface area contributed by atoms with Crippen LogP contribution in [0.1, 0.15) is 50.6 Å². The normalized spacial score (nSPS) is 25.4. The van der Waals surface area contributed by atoms with Crippen LogP contribution in [0.15, 0.2) is 30.3 Å². The Kier molecular flexibility index (Phi) is 5.48. The number of nitrogens with one attached hydrogen (secondary N) is 1. The molecule has 0 bridgehead atoms. The van der Waals surface area contributed by atoms with Crippen LogP contribution in [-0.2, 0) is 9.59 Å². The van der Waals surface area contributed by atoms with Crippen molar-refractivity contribution in [2.45, 2.75) is 51.1 Å². The maximum absolute atomic E-state index is 12.7. The summed E-state index contributed by atoms with van der Waals surface area (Å²) in [6.45, 7) is 5.67. The summed E-state index contributed by atoms with van der Waals surface area (Å²) in [6.07, 6.45) is 4.74. The second-order valence-corrected chi connectivity index (χ2v) is 8.45. The number of nitrogens with zero attached hydrogens (tertiary/aromatic N) is 2. The van der Waals surface area contributed by atoms with Gasteiger partial charge >= 0.3 is 0 Å². The smallest absolute Gasteiger partial charge is 0.225 e. The predicted molar refractivity (Wildman–Crippen MR) is 105 cm³/mol. The molecule has 5 nitrogen and oxygen atoms in total. The maximum atomic E-state index is 12.7. The van der Waals surface area contributed by atoms with E-state index in [0.717, 1.165) is 58.3 Å². The number of hydrogen-bond acceptors (Lipinski definition) is 3. The van der Waals surface area contributed by atoms with Gasteiger partial charge in [0.2, 0.25) is 11.8 Å². The van der Waals surface area contributed by atoms with Gasteiger partial charge in [0.25, 0.3) is 0 Å². The van der Waals surface area contributed by atoms with Crippen molar-refractivity contribution in [3.8, 4) is 0 Å². The first-order chi connectivity index (χ1) is 13.1. The van der Waals surface area contributed by atoms with E-state index in [9.17, 15) is 9.59 Å². The molecule has 2 atom stereocenters. The second kappa shape index (κ2) is 8.01. The van der Waals surface area contributed by atoms with Crippen LogP contribution in [0.25, 0.3) is 0 Å². The highest BCUT2D eigenvalue weighted by Gasteiger charge is 2.36. The minimum absolute atomic E-state index is 0.0637. The number of carbonyl (C=O) groups excluding carboxylic acids is 2. The molecule has 0 radical (unpaired) electrons. The highest BCUT2D eigenvalue weighted by atomic mass is 16.2. The van der Waals surface area contributed by atoms with Crippen LogP contribution in [0.3, 0.4) is 0 Å². The average molecular weight is 370 g/mol. The van der Waals surface area contributed by atoms with Crippen LogP contribution < -0.4 is 5.32 Å². The zero-order chi connectivity index (χ0) is 18.8. The van der Waals surface area contributed by atoms with Gasteiger partial charge in [0, 0.05) is 50.1 Å². The third kappa shape index (κ3) is 4.34. The van der Waals surface area contributed by atoms with Crippen LogP contribution in [0.5, 0.6) is 0 Å². The summed E-state index contributed by atoms with van der Waals surface area (Å²) in [6, 6.07) is 11.2. The Morgan fingerprint density at radius 3 is 2.33 bits per heavy atom. The van der Waals surface area contributed by atoms with Gasteiger partial charge in [-0.05, 0) is 44.6 Å².